The quantitative estimate of drug-likeness (QED) is 0.862. The van der Waals surface area contributed by atoms with E-state index in [2.05, 4.69) is 31.6 Å². The fraction of sp³-hybridized carbons (Fsp3) is 0.364. The van der Waals surface area contributed by atoms with Gasteiger partial charge in [-0.25, -0.2) is 0 Å². The van der Waals surface area contributed by atoms with Gasteiger partial charge >= 0.3 is 0 Å². The van der Waals surface area contributed by atoms with Crippen LogP contribution in [-0.4, -0.2) is 35.3 Å². The van der Waals surface area contributed by atoms with Crippen molar-refractivity contribution in [3.8, 4) is 0 Å². The van der Waals surface area contributed by atoms with Crippen LogP contribution in [0.15, 0.2) is 20.9 Å². The van der Waals surface area contributed by atoms with E-state index in [4.69, 9.17) is 0 Å². The number of carbonyl (C=O) groups is 2. The Morgan fingerprint density at radius 1 is 1.47 bits per heavy atom. The van der Waals surface area contributed by atoms with Crippen LogP contribution in [0.2, 0.25) is 0 Å². The van der Waals surface area contributed by atoms with Crippen LogP contribution in [0.5, 0.6) is 0 Å². The number of hydrogen-bond acceptors (Lipinski definition) is 5. The molecule has 1 aromatic heterocycles. The van der Waals surface area contributed by atoms with Crippen molar-refractivity contribution in [2.45, 2.75) is 13.0 Å². The number of amidine groups is 1. The molecule has 1 aliphatic heterocycles. The van der Waals surface area contributed by atoms with Crippen LogP contribution in [0.3, 0.4) is 0 Å². The largest absolute Gasteiger partial charge is 0.340 e. The zero-order valence-electron chi connectivity index (χ0n) is 10.1. The Kier molecular flexibility index (Phi) is 5.00. The highest BCUT2D eigenvalue weighted by atomic mass is 79.9. The monoisotopic (exact) mass is 361 g/mol. The van der Waals surface area contributed by atoms with Gasteiger partial charge in [0, 0.05) is 5.75 Å². The molecule has 0 bridgehead atoms. The molecule has 2 heterocycles. The van der Waals surface area contributed by atoms with Gasteiger partial charge in [0.2, 0.25) is 5.91 Å². The Labute approximate surface area is 127 Å². The average molecular weight is 362 g/mol. The highest BCUT2D eigenvalue weighted by Crippen LogP contribution is 2.21. The van der Waals surface area contributed by atoms with Gasteiger partial charge in [-0.2, -0.15) is 0 Å². The molecule has 0 unspecified atom stereocenters. The first-order chi connectivity index (χ1) is 9.06. The number of carbonyl (C=O) groups excluding carboxylic acids is 2. The number of amides is 2. The Hall–Kier alpha value is -0.860. The van der Waals surface area contributed by atoms with Gasteiger partial charge in [-0.05, 0) is 35.0 Å². The van der Waals surface area contributed by atoms with Crippen LogP contribution in [0.1, 0.15) is 16.6 Å². The molecule has 2 N–H and O–H groups in total. The first-order valence-electron chi connectivity index (χ1n) is 5.60. The number of hydrogen-bond donors (Lipinski definition) is 2. The van der Waals surface area contributed by atoms with Crippen LogP contribution in [0.4, 0.5) is 0 Å². The molecule has 0 saturated heterocycles. The molecule has 5 nitrogen and oxygen atoms in total. The average Bonchev–Trinajstić information content (AvgIpc) is 3.00. The second kappa shape index (κ2) is 6.53. The third kappa shape index (κ3) is 4.05. The van der Waals surface area contributed by atoms with E-state index in [9.17, 15) is 9.59 Å². The van der Waals surface area contributed by atoms with Crippen molar-refractivity contribution >= 4 is 56.0 Å². The third-order valence-corrected chi connectivity index (χ3v) is 4.87. The smallest absolute Gasteiger partial charge is 0.262 e. The second-order valence-corrected chi connectivity index (χ2v) is 7.37. The van der Waals surface area contributed by atoms with Gasteiger partial charge in [0.15, 0.2) is 5.17 Å². The Morgan fingerprint density at radius 3 is 2.84 bits per heavy atom. The molecule has 19 heavy (non-hydrogen) atoms. The van der Waals surface area contributed by atoms with Crippen LogP contribution in [-0.2, 0) is 4.79 Å². The lowest BCUT2D eigenvalue weighted by Crippen LogP contribution is -2.45. The summed E-state index contributed by atoms with van der Waals surface area (Å²) in [6, 6.07) is 2.91. The summed E-state index contributed by atoms with van der Waals surface area (Å²) in [5, 5.41) is 5.98. The molecule has 102 valence electrons. The predicted octanol–water partition coefficient (Wildman–Crippen LogP) is 1.85. The summed E-state index contributed by atoms with van der Waals surface area (Å²) in [7, 11) is 0. The van der Waals surface area contributed by atoms with Crippen molar-refractivity contribution in [2.75, 3.05) is 12.3 Å². The van der Waals surface area contributed by atoms with E-state index in [1.165, 1.54) is 23.1 Å². The number of thiophene rings is 1. The highest BCUT2D eigenvalue weighted by molar-refractivity contribution is 9.11. The molecule has 0 saturated carbocycles. The Balaban J connectivity index is 1.87. The lowest BCUT2D eigenvalue weighted by molar-refractivity contribution is -0.121. The van der Waals surface area contributed by atoms with Gasteiger partial charge < -0.3 is 10.6 Å². The predicted molar refractivity (Wildman–Crippen MR) is 81.8 cm³/mol. The first-order valence-corrected chi connectivity index (χ1v) is 8.20. The lowest BCUT2D eigenvalue weighted by atomic mass is 10.3. The van der Waals surface area contributed by atoms with Crippen molar-refractivity contribution in [1.82, 2.24) is 10.6 Å². The van der Waals surface area contributed by atoms with Gasteiger partial charge in [0.1, 0.15) is 6.04 Å². The number of thioether (sulfide) groups is 1. The number of nitrogens with zero attached hydrogens (tertiary/aromatic N) is 1. The molecule has 0 fully saturated rings. The number of aliphatic imine (C=N–C) groups is 1. The molecule has 2 amide bonds. The summed E-state index contributed by atoms with van der Waals surface area (Å²) < 4.78 is 0.881. The zero-order valence-corrected chi connectivity index (χ0v) is 13.3. The van der Waals surface area contributed by atoms with E-state index in [1.807, 2.05) is 0 Å². The molecular weight excluding hydrogens is 350 g/mol. The zero-order chi connectivity index (χ0) is 13.8. The van der Waals surface area contributed by atoms with Crippen molar-refractivity contribution in [3.05, 3.63) is 20.8 Å². The van der Waals surface area contributed by atoms with Crippen LogP contribution in [0, 0.1) is 0 Å². The summed E-state index contributed by atoms with van der Waals surface area (Å²) in [5.41, 5.74) is 0. The standard InChI is InChI=1S/C11H12BrN3O2S2/c1-6(9(16)15-11-13-4-5-18-11)14-10(17)7-2-3-8(12)19-7/h2-3,6H,4-5H2,1H3,(H,14,17)(H,13,15,16)/t6-/m0/s1. The molecule has 8 heteroatoms. The minimum absolute atomic E-state index is 0.251. The van der Waals surface area contributed by atoms with Crippen molar-refractivity contribution in [3.63, 3.8) is 0 Å². The van der Waals surface area contributed by atoms with Crippen LogP contribution >= 0.6 is 39.0 Å². The van der Waals surface area contributed by atoms with Gasteiger partial charge in [-0.15, -0.1) is 11.3 Å². The third-order valence-electron chi connectivity index (χ3n) is 2.35. The maximum absolute atomic E-state index is 11.9. The maximum Gasteiger partial charge on any atom is 0.262 e. The molecule has 0 aliphatic carbocycles. The normalized spacial score (nSPS) is 15.8. The van der Waals surface area contributed by atoms with E-state index >= 15 is 0 Å². The molecule has 1 aromatic rings. The minimum atomic E-state index is -0.600. The van der Waals surface area contributed by atoms with E-state index in [0.717, 1.165) is 16.1 Å². The molecule has 0 radical (unpaired) electrons. The molecule has 1 aliphatic rings. The topological polar surface area (TPSA) is 70.6 Å². The van der Waals surface area contributed by atoms with Crippen LogP contribution < -0.4 is 10.6 Å². The lowest BCUT2D eigenvalue weighted by Gasteiger charge is -2.13. The van der Waals surface area contributed by atoms with Crippen LogP contribution in [0.25, 0.3) is 0 Å². The minimum Gasteiger partial charge on any atom is -0.340 e. The summed E-state index contributed by atoms with van der Waals surface area (Å²) >= 11 is 6.13. The van der Waals surface area contributed by atoms with Gasteiger partial charge in [-0.3, -0.25) is 14.6 Å². The molecule has 0 spiro atoms. The second-order valence-electron chi connectivity index (χ2n) is 3.82. The van der Waals surface area contributed by atoms with Crippen molar-refractivity contribution in [2.24, 2.45) is 4.99 Å². The number of rotatable bonds is 3. The summed E-state index contributed by atoms with van der Waals surface area (Å²) in [6.45, 7) is 2.38. The van der Waals surface area contributed by atoms with Crippen molar-refractivity contribution < 1.29 is 9.59 Å². The van der Waals surface area contributed by atoms with Crippen molar-refractivity contribution in [1.29, 1.82) is 0 Å². The molecule has 1 atom stereocenters. The van der Waals surface area contributed by atoms with E-state index in [1.54, 1.807) is 19.1 Å². The van der Waals surface area contributed by atoms with Gasteiger partial charge in [0.25, 0.3) is 5.91 Å². The Morgan fingerprint density at radius 2 is 2.26 bits per heavy atom. The van der Waals surface area contributed by atoms with Gasteiger partial charge in [-0.1, -0.05) is 11.8 Å². The number of nitrogens with one attached hydrogen (secondary N) is 2. The first kappa shape index (κ1) is 14.5. The maximum atomic E-state index is 11.9. The van der Waals surface area contributed by atoms with E-state index < -0.39 is 6.04 Å². The fourth-order valence-corrected chi connectivity index (χ4v) is 3.41. The molecule has 2 rings (SSSR count). The number of halogens is 1. The summed E-state index contributed by atoms with van der Waals surface area (Å²) in [4.78, 5) is 28.4. The molecule has 0 aromatic carbocycles. The Bertz CT molecular complexity index is 530. The summed E-state index contributed by atoms with van der Waals surface area (Å²) in [5.74, 6) is 0.385. The highest BCUT2D eigenvalue weighted by Gasteiger charge is 2.19. The molecular formula is C11H12BrN3O2S2. The summed E-state index contributed by atoms with van der Waals surface area (Å²) in [6.07, 6.45) is 0. The fourth-order valence-electron chi connectivity index (χ4n) is 1.39. The SMILES string of the molecule is C[C@H](NC(=O)c1ccc(Br)s1)C(=O)NC1=NCCS1. The van der Waals surface area contributed by atoms with Gasteiger partial charge in [0.05, 0.1) is 15.2 Å². The van der Waals surface area contributed by atoms with E-state index in [-0.39, 0.29) is 11.8 Å². The van der Waals surface area contributed by atoms with E-state index in [0.29, 0.717) is 10.0 Å².